The summed E-state index contributed by atoms with van der Waals surface area (Å²) in [6, 6.07) is 6.22. The Kier molecular flexibility index (Phi) is 5.80. The Labute approximate surface area is 100 Å². The summed E-state index contributed by atoms with van der Waals surface area (Å²) in [7, 11) is 0. The molecule has 2 nitrogen and oxygen atoms in total. The average molecular weight is 243 g/mol. The van der Waals surface area contributed by atoms with Crippen molar-refractivity contribution >= 4 is 11.8 Å². The molecular weight excluding hydrogens is 225 g/mol. The fourth-order valence-corrected chi connectivity index (χ4v) is 2.35. The van der Waals surface area contributed by atoms with E-state index in [1.165, 1.54) is 12.1 Å². The molecule has 1 aromatic rings. The summed E-state index contributed by atoms with van der Waals surface area (Å²) in [5.74, 6) is 1.74. The molecule has 2 atom stereocenters. The molecular formula is C12H18FNOS. The van der Waals surface area contributed by atoms with E-state index < -0.39 is 0 Å². The van der Waals surface area contributed by atoms with Gasteiger partial charge in [0.05, 0.1) is 0 Å². The molecule has 16 heavy (non-hydrogen) atoms. The van der Waals surface area contributed by atoms with Gasteiger partial charge in [0, 0.05) is 18.4 Å². The third-order valence-electron chi connectivity index (χ3n) is 2.31. The van der Waals surface area contributed by atoms with Crippen molar-refractivity contribution in [2.45, 2.75) is 13.0 Å². The molecule has 0 fully saturated rings. The van der Waals surface area contributed by atoms with E-state index in [-0.39, 0.29) is 18.5 Å². The minimum atomic E-state index is -0.238. The third-order valence-corrected chi connectivity index (χ3v) is 3.71. The average Bonchev–Trinajstić information content (AvgIpc) is 2.29. The van der Waals surface area contributed by atoms with Crippen LogP contribution in [0.2, 0.25) is 0 Å². The molecule has 0 spiro atoms. The second-order valence-electron chi connectivity index (χ2n) is 3.98. The molecule has 0 heterocycles. The van der Waals surface area contributed by atoms with E-state index >= 15 is 0 Å². The Morgan fingerprint density at radius 1 is 1.31 bits per heavy atom. The zero-order valence-electron chi connectivity index (χ0n) is 9.40. The number of nitrogens with two attached hydrogens (primary N) is 1. The molecule has 90 valence electrons. The number of aliphatic hydroxyl groups is 1. The Hall–Kier alpha value is -0.580. The van der Waals surface area contributed by atoms with Crippen LogP contribution in [0.25, 0.3) is 0 Å². The van der Waals surface area contributed by atoms with Gasteiger partial charge in [0.2, 0.25) is 0 Å². The maximum absolute atomic E-state index is 12.7. The number of halogens is 1. The molecule has 4 heteroatoms. The first kappa shape index (κ1) is 13.5. The highest BCUT2D eigenvalue weighted by Gasteiger charge is 2.07. The Balaban J connectivity index is 2.35. The molecule has 0 saturated carbocycles. The molecule has 0 radical (unpaired) electrons. The van der Waals surface area contributed by atoms with E-state index in [1.807, 2.05) is 6.92 Å². The standard InChI is InChI=1S/C12H18FNOS/c1-9(6-15)7-16-8-12(14)10-2-4-11(13)5-3-10/h2-5,9,12,15H,6-8,14H2,1H3. The molecule has 0 amide bonds. The first-order valence-electron chi connectivity index (χ1n) is 5.33. The van der Waals surface area contributed by atoms with E-state index in [4.69, 9.17) is 10.8 Å². The van der Waals surface area contributed by atoms with Gasteiger partial charge in [0.25, 0.3) is 0 Å². The van der Waals surface area contributed by atoms with Gasteiger partial charge in [0.15, 0.2) is 0 Å². The van der Waals surface area contributed by atoms with Crippen molar-refractivity contribution in [3.05, 3.63) is 35.6 Å². The van der Waals surface area contributed by atoms with Gasteiger partial charge in [0.1, 0.15) is 5.82 Å². The van der Waals surface area contributed by atoms with Gasteiger partial charge in [-0.1, -0.05) is 19.1 Å². The van der Waals surface area contributed by atoms with Crippen molar-refractivity contribution in [2.24, 2.45) is 11.7 Å². The fraction of sp³-hybridized carbons (Fsp3) is 0.500. The second-order valence-corrected chi connectivity index (χ2v) is 5.06. The maximum atomic E-state index is 12.7. The van der Waals surface area contributed by atoms with E-state index in [9.17, 15) is 4.39 Å². The predicted octanol–water partition coefficient (Wildman–Crippen LogP) is 2.19. The van der Waals surface area contributed by atoms with Crippen molar-refractivity contribution in [3.63, 3.8) is 0 Å². The monoisotopic (exact) mass is 243 g/mol. The summed E-state index contributed by atoms with van der Waals surface area (Å²) in [4.78, 5) is 0. The van der Waals surface area contributed by atoms with Crippen molar-refractivity contribution < 1.29 is 9.50 Å². The number of rotatable bonds is 6. The van der Waals surface area contributed by atoms with Gasteiger partial charge >= 0.3 is 0 Å². The van der Waals surface area contributed by atoms with Crippen molar-refractivity contribution in [1.29, 1.82) is 0 Å². The van der Waals surface area contributed by atoms with E-state index in [0.717, 1.165) is 17.1 Å². The van der Waals surface area contributed by atoms with E-state index in [0.29, 0.717) is 5.92 Å². The maximum Gasteiger partial charge on any atom is 0.123 e. The quantitative estimate of drug-likeness (QED) is 0.805. The zero-order chi connectivity index (χ0) is 12.0. The largest absolute Gasteiger partial charge is 0.396 e. The lowest BCUT2D eigenvalue weighted by molar-refractivity contribution is 0.250. The van der Waals surface area contributed by atoms with E-state index in [1.54, 1.807) is 23.9 Å². The molecule has 3 N–H and O–H groups in total. The molecule has 2 unspecified atom stereocenters. The Morgan fingerprint density at radius 2 is 1.94 bits per heavy atom. The normalized spacial score (nSPS) is 14.8. The summed E-state index contributed by atoms with van der Waals surface area (Å²) in [6.07, 6.45) is 0. The van der Waals surface area contributed by atoms with Crippen LogP contribution in [0.1, 0.15) is 18.5 Å². The third kappa shape index (κ3) is 4.51. The van der Waals surface area contributed by atoms with Crippen LogP contribution in [0.15, 0.2) is 24.3 Å². The van der Waals surface area contributed by atoms with Crippen LogP contribution >= 0.6 is 11.8 Å². The molecule has 0 aliphatic heterocycles. The van der Waals surface area contributed by atoms with Crippen LogP contribution < -0.4 is 5.73 Å². The molecule has 0 aromatic heterocycles. The van der Waals surface area contributed by atoms with Crippen molar-refractivity contribution in [3.8, 4) is 0 Å². The summed E-state index contributed by atoms with van der Waals surface area (Å²) in [5.41, 5.74) is 6.92. The first-order chi connectivity index (χ1) is 7.63. The topological polar surface area (TPSA) is 46.2 Å². The molecule has 1 aromatic carbocycles. The van der Waals surface area contributed by atoms with Crippen LogP contribution in [-0.4, -0.2) is 23.2 Å². The number of benzene rings is 1. The predicted molar refractivity (Wildman–Crippen MR) is 66.9 cm³/mol. The lowest BCUT2D eigenvalue weighted by Gasteiger charge is -2.13. The summed E-state index contributed by atoms with van der Waals surface area (Å²) < 4.78 is 12.7. The van der Waals surface area contributed by atoms with Crippen LogP contribution in [0.3, 0.4) is 0 Å². The summed E-state index contributed by atoms with van der Waals surface area (Å²) in [6.45, 7) is 2.20. The second kappa shape index (κ2) is 6.89. The molecule has 1 rings (SSSR count). The van der Waals surface area contributed by atoms with Crippen molar-refractivity contribution in [2.75, 3.05) is 18.1 Å². The van der Waals surface area contributed by atoms with Gasteiger partial charge in [-0.2, -0.15) is 11.8 Å². The number of hydrogen-bond acceptors (Lipinski definition) is 3. The lowest BCUT2D eigenvalue weighted by atomic mass is 10.1. The first-order valence-corrected chi connectivity index (χ1v) is 6.48. The molecule has 0 aliphatic carbocycles. The molecule has 0 bridgehead atoms. The van der Waals surface area contributed by atoms with Crippen LogP contribution in [0, 0.1) is 11.7 Å². The SMILES string of the molecule is CC(CO)CSCC(N)c1ccc(F)cc1. The number of thioether (sulfide) groups is 1. The van der Waals surface area contributed by atoms with Gasteiger partial charge in [-0.05, 0) is 29.4 Å². The minimum Gasteiger partial charge on any atom is -0.396 e. The zero-order valence-corrected chi connectivity index (χ0v) is 10.2. The number of aliphatic hydroxyl groups excluding tert-OH is 1. The van der Waals surface area contributed by atoms with Crippen LogP contribution in [0.5, 0.6) is 0 Å². The van der Waals surface area contributed by atoms with Crippen molar-refractivity contribution in [1.82, 2.24) is 0 Å². The Morgan fingerprint density at radius 3 is 2.50 bits per heavy atom. The fourth-order valence-electron chi connectivity index (χ4n) is 1.26. The number of hydrogen-bond donors (Lipinski definition) is 2. The highest BCUT2D eigenvalue weighted by atomic mass is 32.2. The van der Waals surface area contributed by atoms with Gasteiger partial charge in [-0.3, -0.25) is 0 Å². The molecule has 0 saturated heterocycles. The highest BCUT2D eigenvalue weighted by molar-refractivity contribution is 7.99. The van der Waals surface area contributed by atoms with Crippen LogP contribution in [0.4, 0.5) is 4.39 Å². The van der Waals surface area contributed by atoms with Gasteiger partial charge < -0.3 is 10.8 Å². The minimum absolute atomic E-state index is 0.0727. The lowest BCUT2D eigenvalue weighted by Crippen LogP contribution is -2.14. The van der Waals surface area contributed by atoms with Gasteiger partial charge in [-0.25, -0.2) is 4.39 Å². The van der Waals surface area contributed by atoms with E-state index in [2.05, 4.69) is 0 Å². The summed E-state index contributed by atoms with van der Waals surface area (Å²) >= 11 is 1.71. The Bertz CT molecular complexity index is 304. The molecule has 0 aliphatic rings. The summed E-state index contributed by atoms with van der Waals surface area (Å²) in [5, 5.41) is 8.86. The highest BCUT2D eigenvalue weighted by Crippen LogP contribution is 2.18. The van der Waals surface area contributed by atoms with Crippen LogP contribution in [-0.2, 0) is 0 Å². The smallest absolute Gasteiger partial charge is 0.123 e. The van der Waals surface area contributed by atoms with Gasteiger partial charge in [-0.15, -0.1) is 0 Å².